The van der Waals surface area contributed by atoms with Gasteiger partial charge in [0.25, 0.3) is 0 Å². The normalized spacial score (nSPS) is 10.4. The van der Waals surface area contributed by atoms with Crippen molar-refractivity contribution < 1.29 is 9.84 Å². The Labute approximate surface area is 92.5 Å². The number of hydrogen-bond donors (Lipinski definition) is 1. The molecule has 0 radical (unpaired) electrons. The third kappa shape index (κ3) is 1.87. The van der Waals surface area contributed by atoms with Gasteiger partial charge in [0.2, 0.25) is 0 Å². The first-order chi connectivity index (χ1) is 7.86. The number of aliphatic hydroxyl groups excluding tert-OH is 1. The van der Waals surface area contributed by atoms with Gasteiger partial charge in [-0.1, -0.05) is 12.1 Å². The summed E-state index contributed by atoms with van der Waals surface area (Å²) in [5.74, 6) is 1.29. The number of tetrazole rings is 1. The van der Waals surface area contributed by atoms with Crippen molar-refractivity contribution in [2.24, 2.45) is 0 Å². The van der Waals surface area contributed by atoms with Crippen LogP contribution in [0.15, 0.2) is 24.3 Å². The van der Waals surface area contributed by atoms with Crippen LogP contribution in [0, 0.1) is 0 Å². The number of nitrogens with zero attached hydrogens (tertiary/aromatic N) is 4. The first kappa shape index (κ1) is 10.6. The maximum absolute atomic E-state index is 8.90. The molecule has 0 fully saturated rings. The molecule has 6 nitrogen and oxygen atoms in total. The van der Waals surface area contributed by atoms with E-state index in [1.807, 2.05) is 24.3 Å². The van der Waals surface area contributed by atoms with Crippen LogP contribution in [0.5, 0.6) is 5.75 Å². The third-order valence-electron chi connectivity index (χ3n) is 2.18. The van der Waals surface area contributed by atoms with Gasteiger partial charge in [-0.3, -0.25) is 0 Å². The van der Waals surface area contributed by atoms with Crippen LogP contribution in [0.2, 0.25) is 0 Å². The number of para-hydroxylation sites is 2. The molecular weight excluding hydrogens is 208 g/mol. The average Bonchev–Trinajstić information content (AvgIpc) is 2.77. The highest BCUT2D eigenvalue weighted by Crippen LogP contribution is 2.21. The first-order valence-corrected chi connectivity index (χ1v) is 4.88. The second-order valence-corrected chi connectivity index (χ2v) is 3.15. The minimum absolute atomic E-state index is 0.00945. The van der Waals surface area contributed by atoms with Crippen molar-refractivity contribution in [2.45, 2.75) is 6.42 Å². The van der Waals surface area contributed by atoms with Gasteiger partial charge in [-0.25, -0.2) is 0 Å². The molecule has 0 unspecified atom stereocenters. The number of ether oxygens (including phenoxy) is 1. The van der Waals surface area contributed by atoms with E-state index in [2.05, 4.69) is 15.5 Å². The molecule has 0 aliphatic heterocycles. The Morgan fingerprint density at radius 1 is 1.38 bits per heavy atom. The molecule has 16 heavy (non-hydrogen) atoms. The molecule has 1 aromatic heterocycles. The van der Waals surface area contributed by atoms with E-state index in [1.165, 1.54) is 0 Å². The molecule has 1 aromatic carbocycles. The van der Waals surface area contributed by atoms with Gasteiger partial charge in [-0.05, 0) is 22.6 Å². The molecule has 6 heteroatoms. The monoisotopic (exact) mass is 220 g/mol. The van der Waals surface area contributed by atoms with Gasteiger partial charge < -0.3 is 9.84 Å². The number of aliphatic hydroxyl groups is 1. The molecule has 1 N–H and O–H groups in total. The highest BCUT2D eigenvalue weighted by molar-refractivity contribution is 5.46. The fourth-order valence-electron chi connectivity index (χ4n) is 1.45. The molecule has 0 aliphatic carbocycles. The number of aromatic nitrogens is 4. The van der Waals surface area contributed by atoms with Crippen LogP contribution in [-0.2, 0) is 6.42 Å². The van der Waals surface area contributed by atoms with Crippen molar-refractivity contribution in [3.05, 3.63) is 30.1 Å². The molecule has 0 aliphatic rings. The van der Waals surface area contributed by atoms with Crippen molar-refractivity contribution >= 4 is 0 Å². The smallest absolute Gasteiger partial charge is 0.159 e. The zero-order chi connectivity index (χ0) is 11.4. The maximum Gasteiger partial charge on any atom is 0.159 e. The standard InChI is InChI=1S/C10H12N4O2/c1-16-9-5-3-2-4-8(9)14-10(6-7-15)11-12-13-14/h2-5,15H,6-7H2,1H3. The topological polar surface area (TPSA) is 73.1 Å². The number of rotatable bonds is 4. The zero-order valence-electron chi connectivity index (χ0n) is 8.87. The van der Waals surface area contributed by atoms with Gasteiger partial charge in [0.15, 0.2) is 5.82 Å². The van der Waals surface area contributed by atoms with E-state index >= 15 is 0 Å². The lowest BCUT2D eigenvalue weighted by Crippen LogP contribution is -2.06. The SMILES string of the molecule is COc1ccccc1-n1nnnc1CCO. The summed E-state index contributed by atoms with van der Waals surface area (Å²) < 4.78 is 6.79. The Kier molecular flexibility index (Phi) is 3.11. The summed E-state index contributed by atoms with van der Waals surface area (Å²) in [4.78, 5) is 0. The Balaban J connectivity index is 2.45. The summed E-state index contributed by atoms with van der Waals surface area (Å²) in [5, 5.41) is 20.2. The van der Waals surface area contributed by atoms with Gasteiger partial charge in [-0.2, -0.15) is 4.68 Å². The van der Waals surface area contributed by atoms with Gasteiger partial charge in [0.1, 0.15) is 11.4 Å². The molecular formula is C10H12N4O2. The van der Waals surface area contributed by atoms with Gasteiger partial charge in [0.05, 0.1) is 13.7 Å². The zero-order valence-corrected chi connectivity index (χ0v) is 8.87. The van der Waals surface area contributed by atoms with Crippen LogP contribution in [-0.4, -0.2) is 39.0 Å². The Morgan fingerprint density at radius 2 is 2.19 bits per heavy atom. The van der Waals surface area contributed by atoms with Gasteiger partial charge in [0, 0.05) is 6.42 Å². The Morgan fingerprint density at radius 3 is 2.94 bits per heavy atom. The largest absolute Gasteiger partial charge is 0.494 e. The Hall–Kier alpha value is -1.95. The molecule has 0 atom stereocenters. The first-order valence-electron chi connectivity index (χ1n) is 4.88. The second-order valence-electron chi connectivity index (χ2n) is 3.15. The number of methoxy groups -OCH3 is 1. The maximum atomic E-state index is 8.90. The summed E-state index contributed by atoms with van der Waals surface area (Å²) in [6.45, 7) is 0.00945. The fourth-order valence-corrected chi connectivity index (χ4v) is 1.45. The van der Waals surface area contributed by atoms with Crippen molar-refractivity contribution in [1.82, 2.24) is 20.2 Å². The predicted octanol–water partition coefficient (Wildman–Crippen LogP) is 0.206. The molecule has 2 rings (SSSR count). The molecule has 0 bridgehead atoms. The van der Waals surface area contributed by atoms with Gasteiger partial charge in [-0.15, -0.1) is 5.10 Å². The van der Waals surface area contributed by atoms with Crippen LogP contribution in [0.1, 0.15) is 5.82 Å². The lowest BCUT2D eigenvalue weighted by atomic mass is 10.3. The minimum atomic E-state index is 0.00945. The summed E-state index contributed by atoms with van der Waals surface area (Å²) >= 11 is 0. The van der Waals surface area contributed by atoms with Crippen molar-refractivity contribution in [2.75, 3.05) is 13.7 Å². The van der Waals surface area contributed by atoms with E-state index in [0.29, 0.717) is 18.0 Å². The quantitative estimate of drug-likeness (QED) is 0.797. The van der Waals surface area contributed by atoms with Crippen LogP contribution >= 0.6 is 0 Å². The van der Waals surface area contributed by atoms with Crippen LogP contribution < -0.4 is 4.74 Å². The molecule has 0 spiro atoms. The minimum Gasteiger partial charge on any atom is -0.494 e. The third-order valence-corrected chi connectivity index (χ3v) is 2.18. The van der Waals surface area contributed by atoms with Crippen molar-refractivity contribution in [3.8, 4) is 11.4 Å². The summed E-state index contributed by atoms with van der Waals surface area (Å²) in [6.07, 6.45) is 0.408. The second kappa shape index (κ2) is 4.71. The fraction of sp³-hybridized carbons (Fsp3) is 0.300. The van der Waals surface area contributed by atoms with E-state index in [9.17, 15) is 0 Å². The molecule has 0 saturated carbocycles. The highest BCUT2D eigenvalue weighted by Gasteiger charge is 2.11. The van der Waals surface area contributed by atoms with Gasteiger partial charge >= 0.3 is 0 Å². The molecule has 0 saturated heterocycles. The van der Waals surface area contributed by atoms with Crippen LogP contribution in [0.4, 0.5) is 0 Å². The summed E-state index contributed by atoms with van der Waals surface area (Å²) in [6, 6.07) is 7.44. The molecule has 84 valence electrons. The predicted molar refractivity (Wildman–Crippen MR) is 56.5 cm³/mol. The van der Waals surface area contributed by atoms with Crippen molar-refractivity contribution in [1.29, 1.82) is 0 Å². The lowest BCUT2D eigenvalue weighted by molar-refractivity contribution is 0.295. The summed E-state index contributed by atoms with van der Waals surface area (Å²) in [7, 11) is 1.59. The number of hydrogen-bond acceptors (Lipinski definition) is 5. The molecule has 2 aromatic rings. The molecule has 1 heterocycles. The van der Waals surface area contributed by atoms with Crippen molar-refractivity contribution in [3.63, 3.8) is 0 Å². The van der Waals surface area contributed by atoms with E-state index in [1.54, 1.807) is 11.8 Å². The van der Waals surface area contributed by atoms with E-state index in [-0.39, 0.29) is 6.61 Å². The Bertz CT molecular complexity index is 469. The summed E-state index contributed by atoms with van der Waals surface area (Å²) in [5.41, 5.74) is 0.762. The highest BCUT2D eigenvalue weighted by atomic mass is 16.5. The average molecular weight is 220 g/mol. The van der Waals surface area contributed by atoms with E-state index in [4.69, 9.17) is 9.84 Å². The lowest BCUT2D eigenvalue weighted by Gasteiger charge is -2.08. The number of benzene rings is 1. The van der Waals surface area contributed by atoms with Crippen LogP contribution in [0.25, 0.3) is 5.69 Å². The van der Waals surface area contributed by atoms with Crippen LogP contribution in [0.3, 0.4) is 0 Å². The van der Waals surface area contributed by atoms with E-state index in [0.717, 1.165) is 5.69 Å². The molecule has 0 amide bonds. The van der Waals surface area contributed by atoms with E-state index < -0.39 is 0 Å².